The van der Waals surface area contributed by atoms with E-state index in [0.29, 0.717) is 18.4 Å². The molecule has 2 rings (SSSR count). The number of rotatable bonds is 4. The number of nitrogens with zero attached hydrogens (tertiary/aromatic N) is 1. The first-order valence-electron chi connectivity index (χ1n) is 7.25. The topological polar surface area (TPSA) is 69.6 Å². The van der Waals surface area contributed by atoms with E-state index in [1.54, 1.807) is 18.0 Å². The van der Waals surface area contributed by atoms with Gasteiger partial charge in [0.25, 0.3) is 5.91 Å². The van der Waals surface area contributed by atoms with Gasteiger partial charge in [-0.3, -0.25) is 9.59 Å². The summed E-state index contributed by atoms with van der Waals surface area (Å²) >= 11 is 0. The van der Waals surface area contributed by atoms with Crippen molar-refractivity contribution < 1.29 is 14.7 Å². The van der Waals surface area contributed by atoms with E-state index in [1.807, 2.05) is 26.0 Å². The fourth-order valence-corrected chi connectivity index (χ4v) is 2.39. The smallest absolute Gasteiger partial charge is 0.251 e. The number of fused-ring (bicyclic) bond motifs is 1. The summed E-state index contributed by atoms with van der Waals surface area (Å²) in [5.41, 5.74) is 2.49. The number of benzene rings is 1. The quantitative estimate of drug-likeness (QED) is 0.879. The molecule has 1 aromatic rings. The van der Waals surface area contributed by atoms with E-state index in [0.717, 1.165) is 11.3 Å². The van der Waals surface area contributed by atoms with E-state index in [2.05, 4.69) is 5.32 Å². The predicted molar refractivity (Wildman–Crippen MR) is 81.4 cm³/mol. The fraction of sp³-hybridized carbons (Fsp3) is 0.500. The summed E-state index contributed by atoms with van der Waals surface area (Å²) in [7, 11) is 1.76. The molecular weight excluding hydrogens is 268 g/mol. The number of anilines is 1. The van der Waals surface area contributed by atoms with E-state index in [9.17, 15) is 9.59 Å². The van der Waals surface area contributed by atoms with Crippen LogP contribution in [-0.2, 0) is 11.2 Å². The molecule has 0 saturated heterocycles. The lowest BCUT2D eigenvalue weighted by atomic mass is 9.98. The molecule has 1 aliphatic heterocycles. The van der Waals surface area contributed by atoms with Gasteiger partial charge in [-0.15, -0.1) is 0 Å². The second kappa shape index (κ2) is 6.26. The molecule has 5 nitrogen and oxygen atoms in total. The van der Waals surface area contributed by atoms with E-state index < -0.39 is 0 Å². The Balaban J connectivity index is 2.15. The first kappa shape index (κ1) is 15.5. The molecule has 2 unspecified atom stereocenters. The van der Waals surface area contributed by atoms with Crippen LogP contribution in [0.4, 0.5) is 5.69 Å². The summed E-state index contributed by atoms with van der Waals surface area (Å²) in [5.74, 6) is -0.0365. The minimum absolute atomic E-state index is 0.00957. The molecule has 2 amide bonds. The predicted octanol–water partition coefficient (Wildman–Crippen LogP) is 1.34. The van der Waals surface area contributed by atoms with E-state index in [-0.39, 0.29) is 30.4 Å². The van der Waals surface area contributed by atoms with Gasteiger partial charge in [-0.1, -0.05) is 6.92 Å². The van der Waals surface area contributed by atoms with Crippen molar-refractivity contribution in [3.63, 3.8) is 0 Å². The molecule has 2 N–H and O–H groups in total. The van der Waals surface area contributed by atoms with Crippen molar-refractivity contribution >= 4 is 17.5 Å². The lowest BCUT2D eigenvalue weighted by Crippen LogP contribution is -2.38. The second-order valence-corrected chi connectivity index (χ2v) is 5.72. The number of carbonyl (C=O) groups is 2. The maximum absolute atomic E-state index is 12.2. The normalized spacial score (nSPS) is 17.1. The summed E-state index contributed by atoms with van der Waals surface area (Å²) in [6.45, 7) is 3.81. The monoisotopic (exact) mass is 290 g/mol. The molecule has 21 heavy (non-hydrogen) atoms. The highest BCUT2D eigenvalue weighted by atomic mass is 16.3. The summed E-state index contributed by atoms with van der Waals surface area (Å²) < 4.78 is 0. The third-order valence-electron chi connectivity index (χ3n) is 4.19. The third-order valence-corrected chi connectivity index (χ3v) is 4.19. The van der Waals surface area contributed by atoms with Crippen molar-refractivity contribution in [3.8, 4) is 0 Å². The van der Waals surface area contributed by atoms with Crippen LogP contribution < -0.4 is 10.2 Å². The largest absolute Gasteiger partial charge is 0.396 e. The van der Waals surface area contributed by atoms with Crippen molar-refractivity contribution in [2.45, 2.75) is 32.7 Å². The fourth-order valence-electron chi connectivity index (χ4n) is 2.39. The number of nitrogens with one attached hydrogen (secondary N) is 1. The van der Waals surface area contributed by atoms with Crippen molar-refractivity contribution in [2.24, 2.45) is 5.92 Å². The lowest BCUT2D eigenvalue weighted by molar-refractivity contribution is -0.118. The number of hydrogen-bond donors (Lipinski definition) is 2. The van der Waals surface area contributed by atoms with Crippen LogP contribution in [0, 0.1) is 5.92 Å². The molecule has 0 radical (unpaired) electrons. The third kappa shape index (κ3) is 3.24. The van der Waals surface area contributed by atoms with Gasteiger partial charge in [0.05, 0.1) is 0 Å². The van der Waals surface area contributed by atoms with Crippen LogP contribution in [0.5, 0.6) is 0 Å². The highest BCUT2D eigenvalue weighted by molar-refractivity contribution is 5.99. The SMILES string of the molecule is CC(CO)C(C)NC(=O)c1ccc2c(c1)CCC(=O)N2C. The summed E-state index contributed by atoms with van der Waals surface area (Å²) in [6, 6.07) is 5.31. The first-order chi connectivity index (χ1) is 9.93. The van der Waals surface area contributed by atoms with Gasteiger partial charge in [-0.25, -0.2) is 0 Å². The Hall–Kier alpha value is -1.88. The van der Waals surface area contributed by atoms with Crippen LogP contribution >= 0.6 is 0 Å². The molecule has 0 saturated carbocycles. The van der Waals surface area contributed by atoms with Gasteiger partial charge in [0.1, 0.15) is 0 Å². The van der Waals surface area contributed by atoms with E-state index >= 15 is 0 Å². The molecule has 114 valence electrons. The van der Waals surface area contributed by atoms with Gasteiger partial charge in [-0.2, -0.15) is 0 Å². The van der Waals surface area contributed by atoms with Gasteiger partial charge in [-0.05, 0) is 43.0 Å². The number of hydrogen-bond acceptors (Lipinski definition) is 3. The number of aryl methyl sites for hydroxylation is 1. The Bertz CT molecular complexity index is 556. The summed E-state index contributed by atoms with van der Waals surface area (Å²) in [5, 5.41) is 12.0. The zero-order chi connectivity index (χ0) is 15.6. The molecule has 0 fully saturated rings. The Kier molecular flexibility index (Phi) is 4.63. The van der Waals surface area contributed by atoms with Crippen molar-refractivity contribution in [1.82, 2.24) is 5.32 Å². The van der Waals surface area contributed by atoms with E-state index in [4.69, 9.17) is 5.11 Å². The Morgan fingerprint density at radius 1 is 1.38 bits per heavy atom. The summed E-state index contributed by atoms with van der Waals surface area (Å²) in [6.07, 6.45) is 1.15. The van der Waals surface area contributed by atoms with Gasteiger partial charge in [0.2, 0.25) is 5.91 Å². The zero-order valence-electron chi connectivity index (χ0n) is 12.7. The van der Waals surface area contributed by atoms with Crippen molar-refractivity contribution in [2.75, 3.05) is 18.6 Å². The number of amides is 2. The number of carbonyl (C=O) groups excluding carboxylic acids is 2. The van der Waals surface area contributed by atoms with Crippen LogP contribution in [-0.4, -0.2) is 36.6 Å². The molecule has 5 heteroatoms. The standard InChI is InChI=1S/C16H22N2O3/c1-10(9-19)11(2)17-16(21)13-4-6-14-12(8-13)5-7-15(20)18(14)3/h4,6,8,10-11,19H,5,7,9H2,1-3H3,(H,17,21). The Morgan fingerprint density at radius 2 is 2.10 bits per heavy atom. The molecule has 1 heterocycles. The van der Waals surface area contributed by atoms with E-state index in [1.165, 1.54) is 0 Å². The van der Waals surface area contributed by atoms with Gasteiger partial charge < -0.3 is 15.3 Å². The molecule has 0 spiro atoms. The minimum Gasteiger partial charge on any atom is -0.396 e. The van der Waals surface area contributed by atoms with Crippen molar-refractivity contribution in [1.29, 1.82) is 0 Å². The average Bonchev–Trinajstić information content (AvgIpc) is 2.49. The number of aliphatic hydroxyl groups excluding tert-OH is 1. The molecule has 1 aromatic carbocycles. The average molecular weight is 290 g/mol. The van der Waals surface area contributed by atoms with Gasteiger partial charge in [0, 0.05) is 37.4 Å². The number of aliphatic hydroxyl groups is 1. The van der Waals surface area contributed by atoms with Crippen LogP contribution in [0.15, 0.2) is 18.2 Å². The van der Waals surface area contributed by atoms with Crippen molar-refractivity contribution in [3.05, 3.63) is 29.3 Å². The molecule has 2 atom stereocenters. The van der Waals surface area contributed by atoms with Crippen LogP contribution in [0.3, 0.4) is 0 Å². The van der Waals surface area contributed by atoms with Gasteiger partial charge in [0.15, 0.2) is 0 Å². The van der Waals surface area contributed by atoms with Crippen LogP contribution in [0.1, 0.15) is 36.2 Å². The highest BCUT2D eigenvalue weighted by Crippen LogP contribution is 2.27. The Labute approximate surface area is 125 Å². The molecule has 0 aromatic heterocycles. The van der Waals surface area contributed by atoms with Crippen LogP contribution in [0.2, 0.25) is 0 Å². The lowest BCUT2D eigenvalue weighted by Gasteiger charge is -2.26. The molecule has 1 aliphatic rings. The first-order valence-corrected chi connectivity index (χ1v) is 7.25. The second-order valence-electron chi connectivity index (χ2n) is 5.72. The molecule has 0 bridgehead atoms. The molecular formula is C16H22N2O3. The van der Waals surface area contributed by atoms with Crippen LogP contribution in [0.25, 0.3) is 0 Å². The highest BCUT2D eigenvalue weighted by Gasteiger charge is 2.22. The maximum atomic E-state index is 12.2. The maximum Gasteiger partial charge on any atom is 0.251 e. The Morgan fingerprint density at radius 3 is 2.76 bits per heavy atom. The minimum atomic E-state index is -0.148. The van der Waals surface area contributed by atoms with Gasteiger partial charge >= 0.3 is 0 Å². The zero-order valence-corrected chi connectivity index (χ0v) is 12.7. The molecule has 0 aliphatic carbocycles. The summed E-state index contributed by atoms with van der Waals surface area (Å²) in [4.78, 5) is 25.5.